The molecule has 2 N–H and O–H groups in total. The molecular weight excluding hydrogens is 408 g/mol. The van der Waals surface area contributed by atoms with Crippen LogP contribution in [0.15, 0.2) is 65.9 Å². The highest BCUT2D eigenvalue weighted by atomic mass is 16.5. The van der Waals surface area contributed by atoms with Gasteiger partial charge < -0.3 is 19.5 Å². The molecule has 0 atom stereocenters. The summed E-state index contributed by atoms with van der Waals surface area (Å²) in [7, 11) is 4.65. The van der Waals surface area contributed by atoms with Crippen molar-refractivity contribution in [3.8, 4) is 17.2 Å². The van der Waals surface area contributed by atoms with Crippen LogP contribution >= 0.6 is 0 Å². The Morgan fingerprint density at radius 1 is 0.969 bits per heavy atom. The molecule has 0 saturated heterocycles. The zero-order chi connectivity index (χ0) is 22.9. The van der Waals surface area contributed by atoms with Gasteiger partial charge in [0.1, 0.15) is 5.75 Å². The maximum Gasteiger partial charge on any atom is 0.258 e. The molecule has 1 heterocycles. The molecule has 0 bridgehead atoms. The lowest BCUT2D eigenvalue weighted by Crippen LogP contribution is -2.36. The highest BCUT2D eigenvalue weighted by Crippen LogP contribution is 2.28. The number of hydrogen-bond donors (Lipinski definition) is 2. The maximum atomic E-state index is 13.0. The molecule has 3 rings (SSSR count). The van der Waals surface area contributed by atoms with E-state index in [0.29, 0.717) is 35.0 Å². The second-order valence-electron chi connectivity index (χ2n) is 6.88. The van der Waals surface area contributed by atoms with Gasteiger partial charge in [-0.2, -0.15) is 0 Å². The summed E-state index contributed by atoms with van der Waals surface area (Å²) in [5, 5.41) is 6.02. The fourth-order valence-electron chi connectivity index (χ4n) is 2.98. The van der Waals surface area contributed by atoms with Crippen LogP contribution in [0, 0.1) is 6.92 Å². The number of guanidine groups is 1. The van der Waals surface area contributed by atoms with Gasteiger partial charge in [-0.15, -0.1) is 0 Å². The van der Waals surface area contributed by atoms with E-state index in [9.17, 15) is 4.79 Å². The zero-order valence-electron chi connectivity index (χ0n) is 18.5. The van der Waals surface area contributed by atoms with Crippen LogP contribution in [0.5, 0.6) is 17.2 Å². The summed E-state index contributed by atoms with van der Waals surface area (Å²) in [5.41, 5.74) is 3.02. The molecule has 0 unspecified atom stereocenters. The molecule has 0 aliphatic carbocycles. The summed E-state index contributed by atoms with van der Waals surface area (Å²) in [4.78, 5) is 21.6. The average Bonchev–Trinajstić information content (AvgIpc) is 2.82. The molecular formula is C24H26N4O4. The molecule has 32 heavy (non-hydrogen) atoms. The highest BCUT2D eigenvalue weighted by molar-refractivity contribution is 6.10. The molecule has 3 aromatic rings. The van der Waals surface area contributed by atoms with Gasteiger partial charge in [-0.25, -0.2) is 4.99 Å². The van der Waals surface area contributed by atoms with E-state index in [2.05, 4.69) is 20.6 Å². The largest absolute Gasteiger partial charge is 0.495 e. The van der Waals surface area contributed by atoms with Gasteiger partial charge in [-0.3, -0.25) is 15.1 Å². The number of anilines is 1. The van der Waals surface area contributed by atoms with E-state index in [1.54, 1.807) is 44.8 Å². The van der Waals surface area contributed by atoms with E-state index >= 15 is 0 Å². The molecule has 166 valence electrons. The van der Waals surface area contributed by atoms with Gasteiger partial charge in [0.05, 0.1) is 33.6 Å². The maximum absolute atomic E-state index is 13.0. The third-order valence-electron chi connectivity index (χ3n) is 4.63. The smallest absolute Gasteiger partial charge is 0.258 e. The molecule has 1 aromatic heterocycles. The second kappa shape index (κ2) is 10.8. The fraction of sp³-hybridized carbons (Fsp3) is 0.208. The van der Waals surface area contributed by atoms with Crippen LogP contribution < -0.4 is 24.8 Å². The summed E-state index contributed by atoms with van der Waals surface area (Å²) in [6.07, 6.45) is 3.42. The number of aliphatic imine (C=N–C) groups is 1. The summed E-state index contributed by atoms with van der Waals surface area (Å²) in [6, 6.07) is 14.4. The Morgan fingerprint density at radius 2 is 1.72 bits per heavy atom. The van der Waals surface area contributed by atoms with Crippen molar-refractivity contribution < 1.29 is 19.0 Å². The Hall–Kier alpha value is -4.07. The first kappa shape index (κ1) is 22.6. The number of rotatable bonds is 7. The first-order valence-corrected chi connectivity index (χ1v) is 9.92. The third kappa shape index (κ3) is 5.75. The number of aromatic nitrogens is 1. The Morgan fingerprint density at radius 3 is 2.41 bits per heavy atom. The lowest BCUT2D eigenvalue weighted by atomic mass is 10.2. The van der Waals surface area contributed by atoms with Crippen molar-refractivity contribution in [2.45, 2.75) is 13.5 Å². The van der Waals surface area contributed by atoms with E-state index in [-0.39, 0.29) is 11.9 Å². The van der Waals surface area contributed by atoms with E-state index in [1.807, 2.05) is 37.3 Å². The van der Waals surface area contributed by atoms with Crippen molar-refractivity contribution >= 4 is 17.6 Å². The number of pyridine rings is 1. The van der Waals surface area contributed by atoms with Crippen molar-refractivity contribution in [2.75, 3.05) is 26.6 Å². The number of amides is 1. The van der Waals surface area contributed by atoms with Crippen LogP contribution in [-0.4, -0.2) is 38.2 Å². The van der Waals surface area contributed by atoms with Gasteiger partial charge in [0.25, 0.3) is 5.91 Å². The number of nitrogens with zero attached hydrogens (tertiary/aromatic N) is 2. The third-order valence-corrected chi connectivity index (χ3v) is 4.63. The minimum Gasteiger partial charge on any atom is -0.495 e. The molecule has 1 amide bonds. The molecule has 0 spiro atoms. The van der Waals surface area contributed by atoms with E-state index in [1.165, 1.54) is 7.11 Å². The fourth-order valence-corrected chi connectivity index (χ4v) is 2.98. The number of carbonyl (C=O) groups excluding carboxylic acids is 1. The van der Waals surface area contributed by atoms with Crippen molar-refractivity contribution in [3.63, 3.8) is 0 Å². The SMILES string of the molecule is COc1ccc(C)cc1NC(=NCc1cccnc1)NC(=O)c1ccc(OC)c(OC)c1. The summed E-state index contributed by atoms with van der Waals surface area (Å²) < 4.78 is 16.0. The van der Waals surface area contributed by atoms with Crippen LogP contribution in [0.3, 0.4) is 0 Å². The van der Waals surface area contributed by atoms with Crippen molar-refractivity contribution in [2.24, 2.45) is 4.99 Å². The number of ether oxygens (including phenoxy) is 3. The number of carbonyl (C=O) groups is 1. The summed E-state index contributed by atoms with van der Waals surface area (Å²) in [5.74, 6) is 1.55. The second-order valence-corrected chi connectivity index (χ2v) is 6.88. The minimum absolute atomic E-state index is 0.275. The Labute approximate surface area is 187 Å². The van der Waals surface area contributed by atoms with Gasteiger partial charge in [-0.05, 0) is 54.4 Å². The normalized spacial score (nSPS) is 10.9. The van der Waals surface area contributed by atoms with Crippen molar-refractivity contribution in [1.29, 1.82) is 0 Å². The quantitative estimate of drug-likeness (QED) is 0.434. The highest BCUT2D eigenvalue weighted by Gasteiger charge is 2.14. The number of hydrogen-bond acceptors (Lipinski definition) is 6. The van der Waals surface area contributed by atoms with Gasteiger partial charge in [0.2, 0.25) is 5.96 Å². The van der Waals surface area contributed by atoms with Gasteiger partial charge in [0, 0.05) is 18.0 Å². The Balaban J connectivity index is 1.88. The van der Waals surface area contributed by atoms with Crippen molar-refractivity contribution in [1.82, 2.24) is 10.3 Å². The van der Waals surface area contributed by atoms with Crippen LogP contribution in [0.1, 0.15) is 21.5 Å². The number of aryl methyl sites for hydroxylation is 1. The Bertz CT molecular complexity index is 1100. The van der Waals surface area contributed by atoms with E-state index < -0.39 is 0 Å². The Kier molecular flexibility index (Phi) is 7.64. The lowest BCUT2D eigenvalue weighted by molar-refractivity contribution is 0.0976. The summed E-state index contributed by atoms with van der Waals surface area (Å²) in [6.45, 7) is 2.30. The van der Waals surface area contributed by atoms with Crippen molar-refractivity contribution in [3.05, 3.63) is 77.6 Å². The topological polar surface area (TPSA) is 94.1 Å². The molecule has 0 radical (unpaired) electrons. The van der Waals surface area contributed by atoms with Gasteiger partial charge in [-0.1, -0.05) is 12.1 Å². The molecule has 0 fully saturated rings. The first-order valence-electron chi connectivity index (χ1n) is 9.92. The van der Waals surface area contributed by atoms with Gasteiger partial charge >= 0.3 is 0 Å². The zero-order valence-corrected chi connectivity index (χ0v) is 18.5. The standard InChI is InChI=1S/C24H26N4O4/c1-16-7-9-20(30-2)19(12-16)27-24(26-15-17-6-5-11-25-14-17)28-23(29)18-8-10-21(31-3)22(13-18)32-4/h5-14H,15H2,1-4H3,(H2,26,27,28,29). The van der Waals surface area contributed by atoms with E-state index in [0.717, 1.165) is 11.1 Å². The lowest BCUT2D eigenvalue weighted by Gasteiger charge is -2.15. The number of nitrogens with one attached hydrogen (secondary N) is 2. The van der Waals surface area contributed by atoms with Crippen LogP contribution in [0.4, 0.5) is 5.69 Å². The monoisotopic (exact) mass is 434 g/mol. The minimum atomic E-state index is -0.352. The molecule has 0 aliphatic rings. The average molecular weight is 434 g/mol. The molecule has 0 saturated carbocycles. The number of benzene rings is 2. The molecule has 8 nitrogen and oxygen atoms in total. The molecule has 0 aliphatic heterocycles. The molecule has 8 heteroatoms. The predicted molar refractivity (Wildman–Crippen MR) is 124 cm³/mol. The molecule has 2 aromatic carbocycles. The first-order chi connectivity index (χ1) is 15.5. The van der Waals surface area contributed by atoms with Gasteiger partial charge in [0.15, 0.2) is 11.5 Å². The van der Waals surface area contributed by atoms with Crippen LogP contribution in [0.25, 0.3) is 0 Å². The van der Waals surface area contributed by atoms with Crippen LogP contribution in [-0.2, 0) is 6.54 Å². The van der Waals surface area contributed by atoms with E-state index in [4.69, 9.17) is 14.2 Å². The van der Waals surface area contributed by atoms with Crippen LogP contribution in [0.2, 0.25) is 0 Å². The number of methoxy groups -OCH3 is 3. The summed E-state index contributed by atoms with van der Waals surface area (Å²) >= 11 is 0. The predicted octanol–water partition coefficient (Wildman–Crippen LogP) is 3.81.